The van der Waals surface area contributed by atoms with Gasteiger partial charge in [0.1, 0.15) is 11.2 Å². The lowest BCUT2D eigenvalue weighted by atomic mass is 9.63. The van der Waals surface area contributed by atoms with Gasteiger partial charge in [0.05, 0.1) is 6.07 Å². The highest BCUT2D eigenvalue weighted by molar-refractivity contribution is 5.97. The Kier molecular flexibility index (Phi) is 3.08. The Labute approximate surface area is 106 Å². The summed E-state index contributed by atoms with van der Waals surface area (Å²) < 4.78 is 13.3. The quantitative estimate of drug-likeness (QED) is 0.872. The highest BCUT2D eigenvalue weighted by Crippen LogP contribution is 2.45. The lowest BCUT2D eigenvalue weighted by Gasteiger charge is -2.39. The third-order valence-corrected chi connectivity index (χ3v) is 3.47. The number of hydrogen-bond acceptors (Lipinski definition) is 2. The van der Waals surface area contributed by atoms with E-state index in [1.54, 1.807) is 19.1 Å². The Balaban J connectivity index is 2.12. The molecule has 0 heterocycles. The van der Waals surface area contributed by atoms with Crippen LogP contribution in [0.3, 0.4) is 0 Å². The Bertz CT molecular complexity index is 527. The Morgan fingerprint density at radius 3 is 2.72 bits per heavy atom. The van der Waals surface area contributed by atoms with Gasteiger partial charge in [-0.25, -0.2) is 4.39 Å². The van der Waals surface area contributed by atoms with Gasteiger partial charge >= 0.3 is 0 Å². The maximum Gasteiger partial charge on any atom is 0.244 e. The predicted molar refractivity (Wildman–Crippen MR) is 66.2 cm³/mol. The fourth-order valence-corrected chi connectivity index (χ4v) is 2.38. The highest BCUT2D eigenvalue weighted by atomic mass is 19.1. The molecule has 0 saturated heterocycles. The first-order chi connectivity index (χ1) is 8.47. The van der Waals surface area contributed by atoms with E-state index < -0.39 is 5.41 Å². The molecule has 0 bridgehead atoms. The van der Waals surface area contributed by atoms with Gasteiger partial charge < -0.3 is 5.32 Å². The minimum Gasteiger partial charge on any atom is -0.325 e. The van der Waals surface area contributed by atoms with Crippen molar-refractivity contribution in [1.29, 1.82) is 5.26 Å². The number of nitrogens with one attached hydrogen (secondary N) is 1. The number of halogens is 1. The standard InChI is InChI=1S/C14H15FN2O/c1-9-6-14(7-9,8-16)13(18)17-11-4-3-10(2)12(15)5-11/h3-5,9H,6-7H2,1-2H3,(H,17,18). The van der Waals surface area contributed by atoms with Crippen LogP contribution in [0.4, 0.5) is 10.1 Å². The first kappa shape index (κ1) is 12.6. The van der Waals surface area contributed by atoms with Crippen molar-refractivity contribution >= 4 is 11.6 Å². The van der Waals surface area contributed by atoms with Crippen molar-refractivity contribution in [2.45, 2.75) is 26.7 Å². The molecule has 0 radical (unpaired) electrons. The van der Waals surface area contributed by atoms with Gasteiger partial charge in [-0.3, -0.25) is 4.79 Å². The van der Waals surface area contributed by atoms with E-state index in [4.69, 9.17) is 5.26 Å². The van der Waals surface area contributed by atoms with Crippen LogP contribution in [0.15, 0.2) is 18.2 Å². The zero-order chi connectivity index (χ0) is 13.3. The fraction of sp³-hybridized carbons (Fsp3) is 0.429. The molecule has 0 spiro atoms. The molecule has 1 N–H and O–H groups in total. The number of hydrogen-bond donors (Lipinski definition) is 1. The molecule has 18 heavy (non-hydrogen) atoms. The maximum atomic E-state index is 13.3. The first-order valence-corrected chi connectivity index (χ1v) is 5.96. The Hall–Kier alpha value is -1.89. The molecule has 0 aromatic heterocycles. The molecule has 4 heteroatoms. The number of rotatable bonds is 2. The van der Waals surface area contributed by atoms with Gasteiger partial charge in [0, 0.05) is 5.69 Å². The number of aryl methyl sites for hydroxylation is 1. The Morgan fingerprint density at radius 1 is 1.56 bits per heavy atom. The van der Waals surface area contributed by atoms with Crippen LogP contribution in [-0.2, 0) is 4.79 Å². The summed E-state index contributed by atoms with van der Waals surface area (Å²) in [6.07, 6.45) is 1.15. The van der Waals surface area contributed by atoms with E-state index in [0.29, 0.717) is 30.0 Å². The molecule has 94 valence electrons. The molecule has 1 aliphatic rings. The van der Waals surface area contributed by atoms with Gasteiger partial charge in [-0.05, 0) is 43.4 Å². The van der Waals surface area contributed by atoms with Gasteiger partial charge in [-0.2, -0.15) is 5.26 Å². The molecular formula is C14H15FN2O. The summed E-state index contributed by atoms with van der Waals surface area (Å²) in [6, 6.07) is 6.61. The lowest BCUT2D eigenvalue weighted by Crippen LogP contribution is -2.45. The SMILES string of the molecule is Cc1ccc(NC(=O)C2(C#N)CC(C)C2)cc1F. The second kappa shape index (κ2) is 4.41. The molecule has 0 atom stereocenters. The Morgan fingerprint density at radius 2 is 2.22 bits per heavy atom. The van der Waals surface area contributed by atoms with Crippen molar-refractivity contribution in [3.05, 3.63) is 29.6 Å². The number of amides is 1. The fourth-order valence-electron chi connectivity index (χ4n) is 2.38. The van der Waals surface area contributed by atoms with Gasteiger partial charge in [-0.1, -0.05) is 13.0 Å². The molecular weight excluding hydrogens is 231 g/mol. The summed E-state index contributed by atoms with van der Waals surface area (Å²) in [5.74, 6) is -0.294. The van der Waals surface area contributed by atoms with E-state index >= 15 is 0 Å². The highest BCUT2D eigenvalue weighted by Gasteiger charge is 2.48. The normalized spacial score (nSPS) is 26.0. The van der Waals surface area contributed by atoms with E-state index in [0.717, 1.165) is 0 Å². The zero-order valence-electron chi connectivity index (χ0n) is 10.5. The number of benzene rings is 1. The molecule has 1 aromatic rings. The van der Waals surface area contributed by atoms with Gasteiger partial charge in [0.25, 0.3) is 0 Å². The van der Waals surface area contributed by atoms with Crippen LogP contribution in [0.25, 0.3) is 0 Å². The van der Waals surface area contributed by atoms with Crippen LogP contribution < -0.4 is 5.32 Å². The van der Waals surface area contributed by atoms with Crippen LogP contribution in [0.2, 0.25) is 0 Å². The first-order valence-electron chi connectivity index (χ1n) is 5.96. The minimum absolute atomic E-state index is 0.327. The second-order valence-electron chi connectivity index (χ2n) is 5.13. The van der Waals surface area contributed by atoms with E-state index in [1.165, 1.54) is 6.07 Å². The van der Waals surface area contributed by atoms with Gasteiger partial charge in [-0.15, -0.1) is 0 Å². The smallest absolute Gasteiger partial charge is 0.244 e. The summed E-state index contributed by atoms with van der Waals surface area (Å²) in [4.78, 5) is 12.0. The molecule has 1 aliphatic carbocycles. The number of nitrogens with zero attached hydrogens (tertiary/aromatic N) is 1. The average molecular weight is 246 g/mol. The van der Waals surface area contributed by atoms with Gasteiger partial charge in [0.15, 0.2) is 0 Å². The van der Waals surface area contributed by atoms with Crippen molar-refractivity contribution in [2.24, 2.45) is 11.3 Å². The van der Waals surface area contributed by atoms with Crippen LogP contribution in [0.5, 0.6) is 0 Å². The van der Waals surface area contributed by atoms with E-state index in [-0.39, 0.29) is 11.7 Å². The van der Waals surface area contributed by atoms with Crippen molar-refractivity contribution in [2.75, 3.05) is 5.32 Å². The molecule has 0 aliphatic heterocycles. The van der Waals surface area contributed by atoms with Crippen LogP contribution in [0.1, 0.15) is 25.3 Å². The second-order valence-corrected chi connectivity index (χ2v) is 5.13. The molecule has 1 fully saturated rings. The average Bonchev–Trinajstić information content (AvgIpc) is 2.29. The summed E-state index contributed by atoms with van der Waals surface area (Å²) >= 11 is 0. The maximum absolute atomic E-state index is 13.3. The van der Waals surface area contributed by atoms with Crippen LogP contribution >= 0.6 is 0 Å². The largest absolute Gasteiger partial charge is 0.325 e. The molecule has 3 nitrogen and oxygen atoms in total. The number of carbonyl (C=O) groups is 1. The van der Waals surface area contributed by atoms with Crippen molar-refractivity contribution in [3.63, 3.8) is 0 Å². The van der Waals surface area contributed by atoms with Crippen molar-refractivity contribution < 1.29 is 9.18 Å². The monoisotopic (exact) mass is 246 g/mol. The van der Waals surface area contributed by atoms with Crippen LogP contribution in [-0.4, -0.2) is 5.91 Å². The van der Waals surface area contributed by atoms with Crippen LogP contribution in [0, 0.1) is 35.4 Å². The predicted octanol–water partition coefficient (Wildman–Crippen LogP) is 3.01. The lowest BCUT2D eigenvalue weighted by molar-refractivity contribution is -0.128. The third kappa shape index (κ3) is 2.08. The summed E-state index contributed by atoms with van der Waals surface area (Å²) in [6.45, 7) is 3.67. The molecule has 1 saturated carbocycles. The molecule has 1 amide bonds. The summed E-state index contributed by atoms with van der Waals surface area (Å²) in [5, 5.41) is 11.7. The minimum atomic E-state index is -0.930. The molecule has 0 unspecified atom stereocenters. The topological polar surface area (TPSA) is 52.9 Å². The number of nitriles is 1. The van der Waals surface area contributed by atoms with Crippen molar-refractivity contribution in [3.8, 4) is 6.07 Å². The summed E-state index contributed by atoms with van der Waals surface area (Å²) in [7, 11) is 0. The molecule has 1 aromatic carbocycles. The van der Waals surface area contributed by atoms with E-state index in [9.17, 15) is 9.18 Å². The van der Waals surface area contributed by atoms with E-state index in [2.05, 4.69) is 11.4 Å². The number of anilines is 1. The third-order valence-electron chi connectivity index (χ3n) is 3.47. The summed E-state index contributed by atoms with van der Waals surface area (Å²) in [5.41, 5.74) is -0.00151. The van der Waals surface area contributed by atoms with Gasteiger partial charge in [0.2, 0.25) is 5.91 Å². The van der Waals surface area contributed by atoms with Crippen molar-refractivity contribution in [1.82, 2.24) is 0 Å². The van der Waals surface area contributed by atoms with E-state index in [1.807, 2.05) is 6.92 Å². The zero-order valence-corrected chi connectivity index (χ0v) is 10.5. The number of carbonyl (C=O) groups excluding carboxylic acids is 1. The molecule has 2 rings (SSSR count).